The zero-order chi connectivity index (χ0) is 21.8. The van der Waals surface area contributed by atoms with Crippen molar-refractivity contribution in [1.29, 1.82) is 0 Å². The van der Waals surface area contributed by atoms with Crippen LogP contribution in [-0.2, 0) is 4.74 Å². The van der Waals surface area contributed by atoms with Gasteiger partial charge < -0.3 is 14.8 Å². The summed E-state index contributed by atoms with van der Waals surface area (Å²) in [7, 11) is 0. The highest BCUT2D eigenvalue weighted by atomic mass is 16.6. The average Bonchev–Trinajstić information content (AvgIpc) is 3.16. The van der Waals surface area contributed by atoms with Gasteiger partial charge in [0.15, 0.2) is 5.82 Å². The van der Waals surface area contributed by atoms with Crippen molar-refractivity contribution < 1.29 is 14.3 Å². The zero-order valence-corrected chi connectivity index (χ0v) is 18.4. The number of aromatic nitrogens is 3. The number of pyridine rings is 1. The van der Waals surface area contributed by atoms with Gasteiger partial charge in [0.25, 0.3) is 0 Å². The summed E-state index contributed by atoms with van der Waals surface area (Å²) >= 11 is 0. The highest BCUT2D eigenvalue weighted by Crippen LogP contribution is 2.40. The van der Waals surface area contributed by atoms with E-state index in [0.717, 1.165) is 56.6 Å². The van der Waals surface area contributed by atoms with Gasteiger partial charge in [-0.15, -0.1) is 5.10 Å². The summed E-state index contributed by atoms with van der Waals surface area (Å²) in [6.45, 7) is 1.42. The summed E-state index contributed by atoms with van der Waals surface area (Å²) in [4.78, 5) is 18.5. The van der Waals surface area contributed by atoms with Crippen molar-refractivity contribution in [3.05, 3.63) is 36.7 Å². The molecular formula is C24H31N5O3. The van der Waals surface area contributed by atoms with Gasteiger partial charge in [-0.1, -0.05) is 6.42 Å². The standard InChI is InChI=1S/C24H31N5O3/c30-23-29(22-7-4-14-27-28-22)17-24(32-23)12-10-18(11-13-24)15-25-21-9-8-20(16-26-21)31-19-5-2-1-3-6-19/h4,7-9,14,16,18-19H,1-3,5-6,10-13,15,17H2,(H,25,26). The highest BCUT2D eigenvalue weighted by Gasteiger charge is 2.48. The lowest BCUT2D eigenvalue weighted by molar-refractivity contribution is 0.0148. The van der Waals surface area contributed by atoms with Gasteiger partial charge in [0.05, 0.1) is 18.8 Å². The quantitative estimate of drug-likeness (QED) is 0.707. The fourth-order valence-corrected chi connectivity index (χ4v) is 5.08. The molecule has 0 unspecified atom stereocenters. The SMILES string of the molecule is O=C1OC2(CCC(CNc3ccc(OC4CCCCC4)cn3)CC2)CN1c1cccnn1. The minimum atomic E-state index is -0.401. The van der Waals surface area contributed by atoms with E-state index in [2.05, 4.69) is 20.5 Å². The maximum absolute atomic E-state index is 12.4. The summed E-state index contributed by atoms with van der Waals surface area (Å²) in [5.41, 5.74) is -0.401. The third kappa shape index (κ3) is 4.79. The Morgan fingerprint density at radius 2 is 1.97 bits per heavy atom. The molecule has 2 aliphatic carbocycles. The predicted molar refractivity (Wildman–Crippen MR) is 121 cm³/mol. The average molecular weight is 438 g/mol. The van der Waals surface area contributed by atoms with E-state index in [1.807, 2.05) is 18.3 Å². The topological polar surface area (TPSA) is 89.5 Å². The van der Waals surface area contributed by atoms with Crippen LogP contribution in [0, 0.1) is 5.92 Å². The third-order valence-corrected chi connectivity index (χ3v) is 6.98. The van der Waals surface area contributed by atoms with Crippen LogP contribution in [0.5, 0.6) is 5.75 Å². The molecule has 1 N–H and O–H groups in total. The van der Waals surface area contributed by atoms with Crippen LogP contribution in [0.25, 0.3) is 0 Å². The summed E-state index contributed by atoms with van der Waals surface area (Å²) in [5, 5.41) is 11.4. The second-order valence-corrected chi connectivity index (χ2v) is 9.30. The molecule has 32 heavy (non-hydrogen) atoms. The van der Waals surface area contributed by atoms with E-state index in [9.17, 15) is 4.79 Å². The molecule has 1 saturated heterocycles. The van der Waals surface area contributed by atoms with Crippen LogP contribution in [-0.4, -0.2) is 46.1 Å². The number of ether oxygens (including phenoxy) is 2. The Labute approximate surface area is 188 Å². The Bertz CT molecular complexity index is 894. The van der Waals surface area contributed by atoms with Gasteiger partial charge in [0.1, 0.15) is 17.2 Å². The molecule has 0 aromatic carbocycles. The fourth-order valence-electron chi connectivity index (χ4n) is 5.08. The number of amides is 1. The van der Waals surface area contributed by atoms with Crippen LogP contribution in [0.3, 0.4) is 0 Å². The number of nitrogens with zero attached hydrogens (tertiary/aromatic N) is 4. The number of rotatable bonds is 6. The fraction of sp³-hybridized carbons (Fsp3) is 0.583. The Morgan fingerprint density at radius 1 is 1.12 bits per heavy atom. The van der Waals surface area contributed by atoms with Crippen LogP contribution in [0.4, 0.5) is 16.4 Å². The van der Waals surface area contributed by atoms with Crippen molar-refractivity contribution in [2.75, 3.05) is 23.3 Å². The van der Waals surface area contributed by atoms with Crippen molar-refractivity contribution in [3.63, 3.8) is 0 Å². The van der Waals surface area contributed by atoms with Crippen molar-refractivity contribution in [2.45, 2.75) is 69.5 Å². The first-order chi connectivity index (χ1) is 15.7. The molecule has 3 fully saturated rings. The van der Waals surface area contributed by atoms with E-state index >= 15 is 0 Å². The summed E-state index contributed by atoms with van der Waals surface area (Å²) in [6, 6.07) is 7.59. The Morgan fingerprint density at radius 3 is 2.69 bits per heavy atom. The van der Waals surface area contributed by atoms with Crippen LogP contribution in [0.2, 0.25) is 0 Å². The maximum atomic E-state index is 12.4. The van der Waals surface area contributed by atoms with Crippen LogP contribution in [0.15, 0.2) is 36.7 Å². The first kappa shape index (κ1) is 21.0. The van der Waals surface area contributed by atoms with E-state index in [4.69, 9.17) is 9.47 Å². The van der Waals surface area contributed by atoms with Gasteiger partial charge in [-0.3, -0.25) is 4.90 Å². The first-order valence-electron chi connectivity index (χ1n) is 11.8. The second-order valence-electron chi connectivity index (χ2n) is 9.30. The molecule has 2 saturated carbocycles. The Kier molecular flexibility index (Phi) is 6.10. The van der Waals surface area contributed by atoms with Crippen LogP contribution < -0.4 is 15.0 Å². The molecule has 1 aliphatic heterocycles. The van der Waals surface area contributed by atoms with E-state index < -0.39 is 5.60 Å². The highest BCUT2D eigenvalue weighted by molar-refractivity contribution is 5.89. The van der Waals surface area contributed by atoms with Gasteiger partial charge in [-0.25, -0.2) is 9.78 Å². The molecular weight excluding hydrogens is 406 g/mol. The number of hydrogen-bond acceptors (Lipinski definition) is 7. The molecule has 0 radical (unpaired) electrons. The molecule has 170 valence electrons. The molecule has 0 atom stereocenters. The largest absolute Gasteiger partial charge is 0.489 e. The first-order valence-corrected chi connectivity index (χ1v) is 11.8. The molecule has 5 rings (SSSR count). The van der Waals surface area contributed by atoms with Gasteiger partial charge in [0.2, 0.25) is 0 Å². The molecule has 8 heteroatoms. The zero-order valence-electron chi connectivity index (χ0n) is 18.4. The Hall–Kier alpha value is -2.90. The molecule has 0 bridgehead atoms. The number of anilines is 2. The summed E-state index contributed by atoms with van der Waals surface area (Å²) in [6.07, 6.45) is 13.3. The van der Waals surface area contributed by atoms with Crippen LogP contribution in [0.1, 0.15) is 57.8 Å². The van der Waals surface area contributed by atoms with Gasteiger partial charge in [0, 0.05) is 12.7 Å². The minimum Gasteiger partial charge on any atom is -0.489 e. The molecule has 1 amide bonds. The molecule has 1 spiro atoms. The number of carbonyl (C=O) groups is 1. The van der Waals surface area contributed by atoms with E-state index in [1.165, 1.54) is 19.3 Å². The van der Waals surface area contributed by atoms with Gasteiger partial charge in [-0.2, -0.15) is 5.10 Å². The van der Waals surface area contributed by atoms with E-state index in [0.29, 0.717) is 24.4 Å². The number of nitrogens with one attached hydrogen (secondary N) is 1. The minimum absolute atomic E-state index is 0.318. The second kappa shape index (κ2) is 9.30. The monoisotopic (exact) mass is 437 g/mol. The number of hydrogen-bond donors (Lipinski definition) is 1. The molecule has 2 aromatic heterocycles. The van der Waals surface area contributed by atoms with Gasteiger partial charge >= 0.3 is 6.09 Å². The Balaban J connectivity index is 1.08. The molecule has 2 aromatic rings. The maximum Gasteiger partial charge on any atom is 0.416 e. The van der Waals surface area contributed by atoms with Crippen molar-refractivity contribution in [2.24, 2.45) is 5.92 Å². The smallest absolute Gasteiger partial charge is 0.416 e. The van der Waals surface area contributed by atoms with Gasteiger partial charge in [-0.05, 0) is 81.5 Å². The van der Waals surface area contributed by atoms with Crippen molar-refractivity contribution in [1.82, 2.24) is 15.2 Å². The lowest BCUT2D eigenvalue weighted by Gasteiger charge is -2.35. The third-order valence-electron chi connectivity index (χ3n) is 6.98. The normalized spacial score (nSPS) is 26.2. The van der Waals surface area contributed by atoms with Crippen LogP contribution >= 0.6 is 0 Å². The summed E-state index contributed by atoms with van der Waals surface area (Å²) in [5.74, 6) is 2.82. The summed E-state index contributed by atoms with van der Waals surface area (Å²) < 4.78 is 11.9. The van der Waals surface area contributed by atoms with E-state index in [-0.39, 0.29) is 6.09 Å². The van der Waals surface area contributed by atoms with Crippen molar-refractivity contribution >= 4 is 17.7 Å². The number of carbonyl (C=O) groups excluding carboxylic acids is 1. The molecule has 8 nitrogen and oxygen atoms in total. The van der Waals surface area contributed by atoms with Crippen molar-refractivity contribution in [3.8, 4) is 5.75 Å². The predicted octanol–water partition coefficient (Wildman–Crippen LogP) is 4.58. The lowest BCUT2D eigenvalue weighted by Crippen LogP contribution is -2.39. The molecule has 3 aliphatic rings. The molecule has 3 heterocycles. The van der Waals surface area contributed by atoms with E-state index in [1.54, 1.807) is 23.2 Å². The lowest BCUT2D eigenvalue weighted by atomic mass is 9.78.